The van der Waals surface area contributed by atoms with Gasteiger partial charge >= 0.3 is 0 Å². The standard InChI is InChI=1S/C21H28N4O/c1-5-25(6-2)19-10-8-18(9-11-19)14-23-24-21(26)15-22-20-12-7-16(3)13-17(20)4/h7-14,22H,5-6,15H2,1-4H3,(H,24,26). The van der Waals surface area contributed by atoms with Crippen LogP contribution in [0.25, 0.3) is 0 Å². The van der Waals surface area contributed by atoms with Gasteiger partial charge in [0.25, 0.3) is 5.91 Å². The van der Waals surface area contributed by atoms with Gasteiger partial charge in [0, 0.05) is 24.5 Å². The van der Waals surface area contributed by atoms with Crippen LogP contribution in [0, 0.1) is 13.8 Å². The Morgan fingerprint density at radius 1 is 1.08 bits per heavy atom. The van der Waals surface area contributed by atoms with E-state index in [1.165, 1.54) is 11.3 Å². The SMILES string of the molecule is CCN(CC)c1ccc(C=NNC(=O)CNc2ccc(C)cc2C)cc1. The van der Waals surface area contributed by atoms with Gasteiger partial charge in [0.05, 0.1) is 12.8 Å². The molecule has 0 aliphatic rings. The van der Waals surface area contributed by atoms with E-state index in [0.29, 0.717) is 0 Å². The number of carbonyl (C=O) groups is 1. The average molecular weight is 352 g/mol. The Hall–Kier alpha value is -2.82. The molecule has 2 aromatic carbocycles. The molecule has 0 saturated carbocycles. The Kier molecular flexibility index (Phi) is 7.21. The molecule has 0 spiro atoms. The third-order valence-corrected chi connectivity index (χ3v) is 4.25. The molecular weight excluding hydrogens is 324 g/mol. The normalized spacial score (nSPS) is 10.8. The molecular formula is C21H28N4O. The lowest BCUT2D eigenvalue weighted by Crippen LogP contribution is -2.26. The summed E-state index contributed by atoms with van der Waals surface area (Å²) in [7, 11) is 0. The van der Waals surface area contributed by atoms with Crippen LogP contribution in [0.3, 0.4) is 0 Å². The van der Waals surface area contributed by atoms with E-state index in [1.807, 2.05) is 38.1 Å². The molecule has 0 aliphatic heterocycles. The highest BCUT2D eigenvalue weighted by Gasteiger charge is 2.03. The number of nitrogens with zero attached hydrogens (tertiary/aromatic N) is 2. The van der Waals surface area contributed by atoms with Crippen LogP contribution in [0.4, 0.5) is 11.4 Å². The predicted octanol–water partition coefficient (Wildman–Crippen LogP) is 3.71. The monoisotopic (exact) mass is 352 g/mol. The fourth-order valence-corrected chi connectivity index (χ4v) is 2.77. The fourth-order valence-electron chi connectivity index (χ4n) is 2.77. The van der Waals surface area contributed by atoms with Gasteiger partial charge in [0.2, 0.25) is 0 Å². The van der Waals surface area contributed by atoms with Crippen LogP contribution in [0.15, 0.2) is 47.6 Å². The van der Waals surface area contributed by atoms with E-state index in [9.17, 15) is 4.79 Å². The van der Waals surface area contributed by atoms with E-state index in [-0.39, 0.29) is 12.5 Å². The number of nitrogens with one attached hydrogen (secondary N) is 2. The van der Waals surface area contributed by atoms with Crippen LogP contribution < -0.4 is 15.6 Å². The van der Waals surface area contributed by atoms with Gasteiger partial charge in [0.15, 0.2) is 0 Å². The highest BCUT2D eigenvalue weighted by Crippen LogP contribution is 2.15. The maximum absolute atomic E-state index is 11.9. The van der Waals surface area contributed by atoms with Crippen LogP contribution in [-0.4, -0.2) is 31.8 Å². The molecule has 0 unspecified atom stereocenters. The maximum atomic E-state index is 11.9. The zero-order chi connectivity index (χ0) is 18.9. The first kappa shape index (κ1) is 19.5. The van der Waals surface area contributed by atoms with Crippen molar-refractivity contribution in [1.82, 2.24) is 5.43 Å². The van der Waals surface area contributed by atoms with Crippen LogP contribution >= 0.6 is 0 Å². The minimum absolute atomic E-state index is 0.180. The van der Waals surface area contributed by atoms with Crippen molar-refractivity contribution in [3.05, 3.63) is 59.2 Å². The lowest BCUT2D eigenvalue weighted by Gasteiger charge is -2.20. The van der Waals surface area contributed by atoms with Crippen molar-refractivity contribution in [3.8, 4) is 0 Å². The second kappa shape index (κ2) is 9.61. The summed E-state index contributed by atoms with van der Waals surface area (Å²) in [5.41, 5.74) is 7.97. The smallest absolute Gasteiger partial charge is 0.259 e. The molecule has 0 atom stereocenters. The van der Waals surface area contributed by atoms with Gasteiger partial charge in [-0.05, 0) is 57.0 Å². The third-order valence-electron chi connectivity index (χ3n) is 4.25. The molecule has 2 N–H and O–H groups in total. The van der Waals surface area contributed by atoms with E-state index in [0.717, 1.165) is 29.9 Å². The highest BCUT2D eigenvalue weighted by atomic mass is 16.2. The summed E-state index contributed by atoms with van der Waals surface area (Å²) in [6.45, 7) is 10.5. The van der Waals surface area contributed by atoms with Gasteiger partial charge in [-0.2, -0.15) is 5.10 Å². The zero-order valence-corrected chi connectivity index (χ0v) is 16.0. The second-order valence-corrected chi connectivity index (χ2v) is 6.23. The predicted molar refractivity (Wildman–Crippen MR) is 110 cm³/mol. The topological polar surface area (TPSA) is 56.7 Å². The highest BCUT2D eigenvalue weighted by molar-refractivity contribution is 5.84. The maximum Gasteiger partial charge on any atom is 0.259 e. The minimum Gasteiger partial charge on any atom is -0.376 e. The Morgan fingerprint density at radius 2 is 1.77 bits per heavy atom. The van der Waals surface area contributed by atoms with Gasteiger partial charge in [-0.15, -0.1) is 0 Å². The molecule has 5 heteroatoms. The van der Waals surface area contributed by atoms with Crippen LogP contribution in [0.2, 0.25) is 0 Å². The zero-order valence-electron chi connectivity index (χ0n) is 16.0. The van der Waals surface area contributed by atoms with Gasteiger partial charge in [-0.25, -0.2) is 5.43 Å². The summed E-state index contributed by atoms with van der Waals surface area (Å²) in [6, 6.07) is 14.2. The Morgan fingerprint density at radius 3 is 2.38 bits per heavy atom. The minimum atomic E-state index is -0.180. The van der Waals surface area contributed by atoms with Crippen molar-refractivity contribution >= 4 is 23.5 Å². The van der Waals surface area contributed by atoms with Crippen LogP contribution in [0.1, 0.15) is 30.5 Å². The lowest BCUT2D eigenvalue weighted by atomic mass is 10.1. The van der Waals surface area contributed by atoms with E-state index in [1.54, 1.807) is 6.21 Å². The van der Waals surface area contributed by atoms with Gasteiger partial charge in [-0.1, -0.05) is 29.8 Å². The summed E-state index contributed by atoms with van der Waals surface area (Å²) < 4.78 is 0. The van der Waals surface area contributed by atoms with Crippen molar-refractivity contribution in [2.45, 2.75) is 27.7 Å². The Labute approximate surface area is 156 Å². The third kappa shape index (κ3) is 5.62. The lowest BCUT2D eigenvalue weighted by molar-refractivity contribution is -0.119. The molecule has 2 aromatic rings. The molecule has 0 aromatic heterocycles. The van der Waals surface area contributed by atoms with Crippen molar-refractivity contribution in [1.29, 1.82) is 0 Å². The molecule has 5 nitrogen and oxygen atoms in total. The Balaban J connectivity index is 1.83. The molecule has 0 bridgehead atoms. The summed E-state index contributed by atoms with van der Waals surface area (Å²) in [6.07, 6.45) is 1.65. The first-order valence-electron chi connectivity index (χ1n) is 9.01. The molecule has 0 fully saturated rings. The van der Waals surface area contributed by atoms with Crippen LogP contribution in [0.5, 0.6) is 0 Å². The first-order valence-corrected chi connectivity index (χ1v) is 9.01. The van der Waals surface area contributed by atoms with E-state index in [2.05, 4.69) is 52.8 Å². The summed E-state index contributed by atoms with van der Waals surface area (Å²) in [5.74, 6) is -0.180. The molecule has 2 rings (SSSR count). The number of benzene rings is 2. The van der Waals surface area contributed by atoms with Crippen molar-refractivity contribution in [3.63, 3.8) is 0 Å². The number of anilines is 2. The number of aryl methyl sites for hydroxylation is 2. The van der Waals surface area contributed by atoms with Gasteiger partial charge < -0.3 is 10.2 Å². The molecule has 0 aliphatic carbocycles. The average Bonchev–Trinajstić information content (AvgIpc) is 2.63. The Bertz CT molecular complexity index is 749. The number of hydrogen-bond donors (Lipinski definition) is 2. The number of rotatable bonds is 8. The van der Waals surface area contributed by atoms with Crippen molar-refractivity contribution in [2.75, 3.05) is 29.9 Å². The fraction of sp³-hybridized carbons (Fsp3) is 0.333. The largest absolute Gasteiger partial charge is 0.376 e. The summed E-state index contributed by atoms with van der Waals surface area (Å²) in [5, 5.41) is 7.16. The van der Waals surface area contributed by atoms with Gasteiger partial charge in [0.1, 0.15) is 0 Å². The summed E-state index contributed by atoms with van der Waals surface area (Å²) >= 11 is 0. The number of carbonyl (C=O) groups excluding carboxylic acids is 1. The molecule has 26 heavy (non-hydrogen) atoms. The quantitative estimate of drug-likeness (QED) is 0.562. The first-order chi connectivity index (χ1) is 12.5. The molecule has 0 radical (unpaired) electrons. The van der Waals surface area contributed by atoms with E-state index in [4.69, 9.17) is 0 Å². The van der Waals surface area contributed by atoms with E-state index >= 15 is 0 Å². The molecule has 0 heterocycles. The van der Waals surface area contributed by atoms with Crippen molar-refractivity contribution in [2.24, 2.45) is 5.10 Å². The van der Waals surface area contributed by atoms with Crippen LogP contribution in [-0.2, 0) is 4.79 Å². The number of hydrogen-bond acceptors (Lipinski definition) is 4. The van der Waals surface area contributed by atoms with Gasteiger partial charge in [-0.3, -0.25) is 4.79 Å². The molecule has 1 amide bonds. The second-order valence-electron chi connectivity index (χ2n) is 6.23. The molecule has 138 valence electrons. The van der Waals surface area contributed by atoms with Crippen molar-refractivity contribution < 1.29 is 4.79 Å². The van der Waals surface area contributed by atoms with E-state index < -0.39 is 0 Å². The number of amides is 1. The molecule has 0 saturated heterocycles. The number of hydrazone groups is 1. The summed E-state index contributed by atoms with van der Waals surface area (Å²) in [4.78, 5) is 14.2.